The zero-order valence-corrected chi connectivity index (χ0v) is 30.6. The molecule has 53 heavy (non-hydrogen) atoms. The highest BCUT2D eigenvalue weighted by Gasteiger charge is 2.38. The standard InChI is InChI=1S/C51H36OS/c1-51(2)44-23-19-34(37-14-7-5-3-4-6-12-31-13-8-9-15-36(31)37)27-41(44)38-22-18-33(28-45(38)51)32-21-25-48-42(26-32)43-30-40-35(29-49(43)53-48)20-24-47-50(40)39-16-10-11-17-46(39)52-47/h3-18,20-22,24-30H,19,23H2,1-2H3. The highest BCUT2D eigenvalue weighted by atomic mass is 32.1. The molecule has 0 spiro atoms. The molecule has 2 heteroatoms. The van der Waals surface area contributed by atoms with Crippen molar-refractivity contribution in [3.63, 3.8) is 0 Å². The third-order valence-electron chi connectivity index (χ3n) is 11.9. The van der Waals surface area contributed by atoms with Crippen LogP contribution in [0.1, 0.15) is 43.4 Å². The minimum absolute atomic E-state index is 0.0321. The Labute approximate surface area is 312 Å². The van der Waals surface area contributed by atoms with E-state index in [0.717, 1.165) is 24.0 Å². The molecule has 0 saturated carbocycles. The van der Waals surface area contributed by atoms with E-state index >= 15 is 0 Å². The lowest BCUT2D eigenvalue weighted by Gasteiger charge is -2.27. The van der Waals surface area contributed by atoms with Crippen LogP contribution in [0.2, 0.25) is 0 Å². The van der Waals surface area contributed by atoms with Gasteiger partial charge in [0, 0.05) is 36.4 Å². The van der Waals surface area contributed by atoms with Crippen LogP contribution >= 0.6 is 11.3 Å². The van der Waals surface area contributed by atoms with Crippen LogP contribution in [-0.4, -0.2) is 0 Å². The van der Waals surface area contributed by atoms with Gasteiger partial charge in [-0.25, -0.2) is 0 Å². The monoisotopic (exact) mass is 696 g/mol. The van der Waals surface area contributed by atoms with E-state index in [-0.39, 0.29) is 5.41 Å². The van der Waals surface area contributed by atoms with Gasteiger partial charge < -0.3 is 4.42 Å². The van der Waals surface area contributed by atoms with Gasteiger partial charge >= 0.3 is 0 Å². The van der Waals surface area contributed by atoms with Gasteiger partial charge in [0.15, 0.2) is 0 Å². The van der Waals surface area contributed by atoms with E-state index in [1.807, 2.05) is 17.4 Å². The predicted molar refractivity (Wildman–Crippen MR) is 228 cm³/mol. The zero-order chi connectivity index (χ0) is 35.3. The Morgan fingerprint density at radius 1 is 0.509 bits per heavy atom. The van der Waals surface area contributed by atoms with E-state index in [2.05, 4.69) is 166 Å². The maximum Gasteiger partial charge on any atom is 0.136 e. The molecule has 0 aliphatic heterocycles. The molecular weight excluding hydrogens is 661 g/mol. The van der Waals surface area contributed by atoms with E-state index in [9.17, 15) is 0 Å². The van der Waals surface area contributed by atoms with Gasteiger partial charge in [-0.1, -0.05) is 135 Å². The topological polar surface area (TPSA) is 13.1 Å². The smallest absolute Gasteiger partial charge is 0.136 e. The van der Waals surface area contributed by atoms with Crippen LogP contribution in [0.3, 0.4) is 0 Å². The first kappa shape index (κ1) is 30.6. The predicted octanol–water partition coefficient (Wildman–Crippen LogP) is 15.0. The number of thiophene rings is 1. The molecule has 2 aliphatic carbocycles. The Hall–Kier alpha value is -5.96. The Morgan fingerprint density at radius 3 is 2.15 bits per heavy atom. The molecule has 0 bridgehead atoms. The van der Waals surface area contributed by atoms with Crippen LogP contribution < -0.4 is 0 Å². The summed E-state index contributed by atoms with van der Waals surface area (Å²) < 4.78 is 8.90. The molecule has 0 N–H and O–H groups in total. The number of furan rings is 1. The molecule has 0 amide bonds. The van der Waals surface area contributed by atoms with Crippen LogP contribution in [0.25, 0.3) is 85.9 Å². The van der Waals surface area contributed by atoms with E-state index in [1.165, 1.54) is 91.5 Å². The molecule has 0 unspecified atom stereocenters. The van der Waals surface area contributed by atoms with Crippen molar-refractivity contribution in [2.45, 2.75) is 32.1 Å². The van der Waals surface area contributed by atoms with Crippen molar-refractivity contribution >= 4 is 86.1 Å². The lowest BCUT2D eigenvalue weighted by Crippen LogP contribution is -2.18. The molecule has 2 heterocycles. The molecule has 2 aromatic heterocycles. The second-order valence-electron chi connectivity index (χ2n) is 15.2. The summed E-state index contributed by atoms with van der Waals surface area (Å²) in [6.07, 6.45) is 4.60. The van der Waals surface area contributed by atoms with E-state index < -0.39 is 0 Å². The fourth-order valence-corrected chi connectivity index (χ4v) is 10.3. The van der Waals surface area contributed by atoms with Crippen molar-refractivity contribution in [2.24, 2.45) is 0 Å². The van der Waals surface area contributed by atoms with E-state index in [0.29, 0.717) is 0 Å². The van der Waals surface area contributed by atoms with Crippen molar-refractivity contribution in [2.75, 3.05) is 0 Å². The van der Waals surface area contributed by atoms with Crippen molar-refractivity contribution in [3.8, 4) is 11.1 Å². The molecule has 9 aromatic rings. The van der Waals surface area contributed by atoms with Gasteiger partial charge in [0.05, 0.1) is 0 Å². The molecular formula is C51H36OS. The highest BCUT2D eigenvalue weighted by molar-refractivity contribution is 7.25. The number of fused-ring (bicyclic) bond motifs is 11. The molecule has 1 nitrogen and oxygen atoms in total. The van der Waals surface area contributed by atoms with Crippen molar-refractivity contribution in [1.29, 1.82) is 0 Å². The number of benzene rings is 6. The number of rotatable bonds is 2. The summed E-state index contributed by atoms with van der Waals surface area (Å²) in [6, 6.07) is 55.7. The fourth-order valence-electron chi connectivity index (χ4n) is 9.23. The van der Waals surface area contributed by atoms with Crippen molar-refractivity contribution in [1.82, 2.24) is 0 Å². The van der Waals surface area contributed by atoms with Gasteiger partial charge in [0.1, 0.15) is 11.2 Å². The van der Waals surface area contributed by atoms with Gasteiger partial charge in [-0.3, -0.25) is 0 Å². The number of allylic oxidation sites excluding steroid dienone is 4. The van der Waals surface area contributed by atoms with Crippen LogP contribution in [0.15, 0.2) is 168 Å². The summed E-state index contributed by atoms with van der Waals surface area (Å²) in [5, 5.41) is 10.1. The number of para-hydroxylation sites is 1. The minimum atomic E-state index is -0.0321. The van der Waals surface area contributed by atoms with Crippen molar-refractivity contribution in [3.05, 3.63) is 180 Å². The maximum atomic E-state index is 6.26. The molecule has 0 saturated heterocycles. The Morgan fingerprint density at radius 2 is 1.25 bits per heavy atom. The first-order valence-corrected chi connectivity index (χ1v) is 19.4. The normalized spacial score (nSPS) is 15.0. The van der Waals surface area contributed by atoms with Crippen LogP contribution in [0.5, 0.6) is 0 Å². The molecule has 7 aromatic carbocycles. The molecule has 252 valence electrons. The van der Waals surface area contributed by atoms with Crippen LogP contribution in [0, 0.1) is 0 Å². The molecule has 11 rings (SSSR count). The maximum absolute atomic E-state index is 6.26. The summed E-state index contributed by atoms with van der Waals surface area (Å²) in [6.45, 7) is 4.85. The third-order valence-corrected chi connectivity index (χ3v) is 13.0. The SMILES string of the molecule is CC1(C)C2=C(C=C(c3cccccccc4ccccc34)CC2)c2ccc(-c3ccc4sc5cc6ccc7oc8ccccc8c7c6cc5c4c3)cc21. The lowest BCUT2D eigenvalue weighted by atomic mass is 9.76. The summed E-state index contributed by atoms with van der Waals surface area (Å²) in [5.41, 5.74) is 12.9. The summed E-state index contributed by atoms with van der Waals surface area (Å²) >= 11 is 1.88. The van der Waals surface area contributed by atoms with Gasteiger partial charge in [0.25, 0.3) is 0 Å². The first-order chi connectivity index (χ1) is 26.0. The average molecular weight is 697 g/mol. The quantitative estimate of drug-likeness (QED) is 0.175. The Kier molecular flexibility index (Phi) is 6.66. The molecule has 2 aliphatic rings. The second kappa shape index (κ2) is 11.5. The minimum Gasteiger partial charge on any atom is -0.456 e. The average Bonchev–Trinajstić information content (AvgIpc) is 3.82. The second-order valence-corrected chi connectivity index (χ2v) is 16.2. The Balaban J connectivity index is 1.03. The van der Waals surface area contributed by atoms with Gasteiger partial charge in [0.2, 0.25) is 0 Å². The zero-order valence-electron chi connectivity index (χ0n) is 29.7. The van der Waals surface area contributed by atoms with E-state index in [1.54, 1.807) is 5.57 Å². The van der Waals surface area contributed by atoms with Gasteiger partial charge in [-0.15, -0.1) is 11.3 Å². The highest BCUT2D eigenvalue weighted by Crippen LogP contribution is 2.53. The van der Waals surface area contributed by atoms with E-state index in [4.69, 9.17) is 4.42 Å². The summed E-state index contributed by atoms with van der Waals surface area (Å²) in [5.74, 6) is 0. The summed E-state index contributed by atoms with van der Waals surface area (Å²) in [7, 11) is 0. The van der Waals surface area contributed by atoms with Crippen molar-refractivity contribution < 1.29 is 4.42 Å². The molecule has 0 atom stereocenters. The third kappa shape index (κ3) is 4.69. The van der Waals surface area contributed by atoms with Crippen LogP contribution in [-0.2, 0) is 5.41 Å². The molecule has 0 fully saturated rings. The summed E-state index contributed by atoms with van der Waals surface area (Å²) in [4.78, 5) is 0. The fraction of sp³-hybridized carbons (Fsp3) is 0.0980. The molecule has 0 radical (unpaired) electrons. The van der Waals surface area contributed by atoms with Crippen LogP contribution in [0.4, 0.5) is 0 Å². The first-order valence-electron chi connectivity index (χ1n) is 18.6. The number of hydrogen-bond donors (Lipinski definition) is 0. The lowest BCUT2D eigenvalue weighted by molar-refractivity contribution is 0.609. The number of hydrogen-bond acceptors (Lipinski definition) is 2. The van der Waals surface area contributed by atoms with Gasteiger partial charge in [-0.05, 0) is 116 Å². The van der Waals surface area contributed by atoms with Gasteiger partial charge in [-0.2, -0.15) is 0 Å². The Bertz CT molecular complexity index is 3140. The largest absolute Gasteiger partial charge is 0.456 e.